The van der Waals surface area contributed by atoms with E-state index >= 15 is 0 Å². The molecular weight excluding hydrogens is 334 g/mol. The minimum atomic E-state index is -0.545. The average molecular weight is 361 g/mol. The lowest BCUT2D eigenvalue weighted by Crippen LogP contribution is -2.52. The number of nitrogens with zero attached hydrogens (tertiary/aromatic N) is 1. The summed E-state index contributed by atoms with van der Waals surface area (Å²) in [6.07, 6.45) is 1.18. The van der Waals surface area contributed by atoms with E-state index in [1.807, 2.05) is 6.92 Å². The number of rotatable bonds is 3. The quantitative estimate of drug-likeness (QED) is 0.865. The smallest absolute Gasteiger partial charge is 0.325 e. The highest BCUT2D eigenvalue weighted by molar-refractivity contribution is 6.02. The summed E-state index contributed by atoms with van der Waals surface area (Å²) in [6, 6.07) is 4.26. The van der Waals surface area contributed by atoms with E-state index in [0.29, 0.717) is 42.2 Å². The van der Waals surface area contributed by atoms with Gasteiger partial charge in [0.25, 0.3) is 0 Å². The third-order valence-corrected chi connectivity index (χ3v) is 4.86. The van der Waals surface area contributed by atoms with Crippen molar-refractivity contribution in [3.05, 3.63) is 18.2 Å². The fourth-order valence-corrected chi connectivity index (χ4v) is 3.69. The van der Waals surface area contributed by atoms with Gasteiger partial charge in [-0.05, 0) is 37.3 Å². The Morgan fingerprint density at radius 2 is 1.77 bits per heavy atom. The summed E-state index contributed by atoms with van der Waals surface area (Å²) in [4.78, 5) is 26.7. The van der Waals surface area contributed by atoms with E-state index < -0.39 is 6.03 Å². The molecule has 0 aromatic heterocycles. The number of hydrogen-bond donors (Lipinski definition) is 2. The predicted molar refractivity (Wildman–Crippen MR) is 98.6 cm³/mol. The van der Waals surface area contributed by atoms with E-state index in [0.717, 1.165) is 13.1 Å². The molecule has 7 heteroatoms. The molecule has 1 aromatic rings. The zero-order chi connectivity index (χ0) is 18.7. The molecule has 142 valence electrons. The van der Waals surface area contributed by atoms with Crippen LogP contribution in [0.3, 0.4) is 0 Å². The van der Waals surface area contributed by atoms with Crippen LogP contribution >= 0.6 is 0 Å². The standard InChI is InChI=1S/C19H27N3O4/c1-12-8-13(2)11-22(10-12)14(3)18(23)21-19(24)20-15-4-5-16-17(9-15)26-7-6-25-16/h4-5,9,12-14H,6-8,10-11H2,1-3H3,(H2,20,21,23,24). The van der Waals surface area contributed by atoms with Crippen LogP contribution in [0.4, 0.5) is 10.5 Å². The van der Waals surface area contributed by atoms with Gasteiger partial charge in [0.2, 0.25) is 5.91 Å². The van der Waals surface area contributed by atoms with Crippen LogP contribution in [-0.4, -0.2) is 49.2 Å². The van der Waals surface area contributed by atoms with Crippen LogP contribution in [-0.2, 0) is 4.79 Å². The number of fused-ring (bicyclic) bond motifs is 1. The number of carbonyl (C=O) groups is 2. The molecule has 1 saturated heterocycles. The Kier molecular flexibility index (Phi) is 5.66. The number of carbonyl (C=O) groups excluding carboxylic acids is 2. The van der Waals surface area contributed by atoms with Gasteiger partial charge in [-0.15, -0.1) is 0 Å². The summed E-state index contributed by atoms with van der Waals surface area (Å²) in [6.45, 7) is 8.98. The molecule has 3 unspecified atom stereocenters. The van der Waals surface area contributed by atoms with E-state index in [9.17, 15) is 9.59 Å². The average Bonchev–Trinajstić information content (AvgIpc) is 2.60. The van der Waals surface area contributed by atoms with Crippen molar-refractivity contribution in [2.75, 3.05) is 31.6 Å². The summed E-state index contributed by atoms with van der Waals surface area (Å²) in [5.74, 6) is 2.06. The Balaban J connectivity index is 1.55. The van der Waals surface area contributed by atoms with Crippen LogP contribution in [0.2, 0.25) is 0 Å². The molecule has 0 bridgehead atoms. The van der Waals surface area contributed by atoms with Gasteiger partial charge >= 0.3 is 6.03 Å². The first kappa shape index (κ1) is 18.5. The Hall–Kier alpha value is -2.28. The van der Waals surface area contributed by atoms with Gasteiger partial charge in [-0.2, -0.15) is 0 Å². The molecule has 0 spiro atoms. The molecule has 7 nitrogen and oxygen atoms in total. The first-order valence-electron chi connectivity index (χ1n) is 9.18. The number of benzene rings is 1. The normalized spacial score (nSPS) is 23.8. The number of piperidine rings is 1. The second-order valence-electron chi connectivity index (χ2n) is 7.38. The van der Waals surface area contributed by atoms with Crippen LogP contribution in [0, 0.1) is 11.8 Å². The summed E-state index contributed by atoms with van der Waals surface area (Å²) in [5, 5.41) is 5.11. The van der Waals surface area contributed by atoms with Crippen molar-refractivity contribution in [3.8, 4) is 11.5 Å². The highest BCUT2D eigenvalue weighted by Gasteiger charge is 2.29. The van der Waals surface area contributed by atoms with Gasteiger partial charge in [-0.25, -0.2) is 4.79 Å². The molecule has 2 N–H and O–H groups in total. The monoisotopic (exact) mass is 361 g/mol. The van der Waals surface area contributed by atoms with E-state index in [-0.39, 0.29) is 11.9 Å². The molecule has 1 aromatic carbocycles. The van der Waals surface area contributed by atoms with Crippen molar-refractivity contribution in [2.45, 2.75) is 33.2 Å². The van der Waals surface area contributed by atoms with Crippen molar-refractivity contribution in [3.63, 3.8) is 0 Å². The van der Waals surface area contributed by atoms with Crippen LogP contribution in [0.15, 0.2) is 18.2 Å². The number of amides is 3. The lowest BCUT2D eigenvalue weighted by molar-refractivity contribution is -0.125. The molecule has 1 fully saturated rings. The first-order chi connectivity index (χ1) is 12.4. The van der Waals surface area contributed by atoms with Crippen LogP contribution in [0.5, 0.6) is 11.5 Å². The molecule has 0 saturated carbocycles. The van der Waals surface area contributed by atoms with Gasteiger partial charge in [0, 0.05) is 24.8 Å². The first-order valence-corrected chi connectivity index (χ1v) is 9.18. The Morgan fingerprint density at radius 1 is 1.12 bits per heavy atom. The molecule has 3 atom stereocenters. The molecule has 3 rings (SSSR count). The van der Waals surface area contributed by atoms with Crippen molar-refractivity contribution in [2.24, 2.45) is 11.8 Å². The molecule has 0 radical (unpaired) electrons. The lowest BCUT2D eigenvalue weighted by Gasteiger charge is -2.37. The summed E-state index contributed by atoms with van der Waals surface area (Å²) < 4.78 is 10.9. The van der Waals surface area contributed by atoms with Gasteiger partial charge in [0.05, 0.1) is 6.04 Å². The van der Waals surface area contributed by atoms with Gasteiger partial charge in [-0.3, -0.25) is 15.0 Å². The molecule has 2 heterocycles. The molecule has 2 aliphatic heterocycles. The highest BCUT2D eigenvalue weighted by Crippen LogP contribution is 2.32. The van der Waals surface area contributed by atoms with Crippen molar-refractivity contribution >= 4 is 17.6 Å². The zero-order valence-electron chi connectivity index (χ0n) is 15.6. The number of imide groups is 1. The number of urea groups is 1. The maximum absolute atomic E-state index is 12.4. The van der Waals surface area contributed by atoms with Gasteiger partial charge in [0.1, 0.15) is 13.2 Å². The van der Waals surface area contributed by atoms with Gasteiger partial charge < -0.3 is 14.8 Å². The van der Waals surface area contributed by atoms with E-state index in [2.05, 4.69) is 29.4 Å². The van der Waals surface area contributed by atoms with Crippen LogP contribution in [0.25, 0.3) is 0 Å². The summed E-state index contributed by atoms with van der Waals surface area (Å²) >= 11 is 0. The maximum atomic E-state index is 12.4. The second kappa shape index (κ2) is 7.95. The molecular formula is C19H27N3O4. The fraction of sp³-hybridized carbons (Fsp3) is 0.579. The van der Waals surface area contributed by atoms with Crippen molar-refractivity contribution in [1.82, 2.24) is 10.2 Å². The number of ether oxygens (including phenoxy) is 2. The van der Waals surface area contributed by atoms with Crippen LogP contribution < -0.4 is 20.1 Å². The van der Waals surface area contributed by atoms with Crippen molar-refractivity contribution in [1.29, 1.82) is 0 Å². The summed E-state index contributed by atoms with van der Waals surface area (Å²) in [5.41, 5.74) is 0.549. The Labute approximate surface area is 154 Å². The Morgan fingerprint density at radius 3 is 2.46 bits per heavy atom. The van der Waals surface area contributed by atoms with E-state index in [1.165, 1.54) is 6.42 Å². The topological polar surface area (TPSA) is 79.9 Å². The van der Waals surface area contributed by atoms with Crippen LogP contribution in [0.1, 0.15) is 27.2 Å². The largest absolute Gasteiger partial charge is 0.486 e. The minimum Gasteiger partial charge on any atom is -0.486 e. The van der Waals surface area contributed by atoms with E-state index in [4.69, 9.17) is 9.47 Å². The maximum Gasteiger partial charge on any atom is 0.325 e. The third kappa shape index (κ3) is 4.46. The number of anilines is 1. The predicted octanol–water partition coefficient (Wildman–Crippen LogP) is 2.47. The van der Waals surface area contributed by atoms with Gasteiger partial charge in [0.15, 0.2) is 11.5 Å². The number of likely N-dealkylation sites (tertiary alicyclic amines) is 1. The molecule has 26 heavy (non-hydrogen) atoms. The SMILES string of the molecule is CC1CC(C)CN(C(C)C(=O)NC(=O)Nc2ccc3c(c2)OCCO3)C1. The van der Waals surface area contributed by atoms with Gasteiger partial charge in [-0.1, -0.05) is 13.8 Å². The number of hydrogen-bond acceptors (Lipinski definition) is 5. The Bertz CT molecular complexity index is 669. The lowest BCUT2D eigenvalue weighted by atomic mass is 9.91. The fourth-order valence-electron chi connectivity index (χ4n) is 3.69. The van der Waals surface area contributed by atoms with Crippen molar-refractivity contribution < 1.29 is 19.1 Å². The van der Waals surface area contributed by atoms with E-state index in [1.54, 1.807) is 18.2 Å². The summed E-state index contributed by atoms with van der Waals surface area (Å²) in [7, 11) is 0. The zero-order valence-corrected chi connectivity index (χ0v) is 15.6. The molecule has 3 amide bonds. The molecule has 2 aliphatic rings. The second-order valence-corrected chi connectivity index (χ2v) is 7.38. The molecule has 0 aliphatic carbocycles. The highest BCUT2D eigenvalue weighted by atomic mass is 16.6. The third-order valence-electron chi connectivity index (χ3n) is 4.86. The number of nitrogens with one attached hydrogen (secondary N) is 2. The minimum absolute atomic E-state index is 0.290.